The first-order valence-electron chi connectivity index (χ1n) is 6.09. The van der Waals surface area contributed by atoms with Crippen LogP contribution < -0.4 is 0 Å². The summed E-state index contributed by atoms with van der Waals surface area (Å²) in [6, 6.07) is 8.29. The fourth-order valence-electron chi connectivity index (χ4n) is 2.09. The number of rotatable bonds is 3. The number of benzene rings is 1. The molecule has 0 N–H and O–H groups in total. The van der Waals surface area contributed by atoms with E-state index in [-0.39, 0.29) is 0 Å². The number of aryl methyl sites for hydroxylation is 2. The number of nitriles is 1. The number of hydrogen-bond acceptors (Lipinski definition) is 3. The predicted octanol–water partition coefficient (Wildman–Crippen LogP) is 2.71. The zero-order valence-electron chi connectivity index (χ0n) is 10.9. The van der Waals surface area contributed by atoms with E-state index in [2.05, 4.69) is 36.3 Å². The van der Waals surface area contributed by atoms with Gasteiger partial charge in [0.2, 0.25) is 0 Å². The van der Waals surface area contributed by atoms with Crippen LogP contribution in [0.1, 0.15) is 35.9 Å². The van der Waals surface area contributed by atoms with E-state index in [0.717, 1.165) is 29.8 Å². The second-order valence-corrected chi connectivity index (χ2v) is 4.45. The molecule has 1 heterocycles. The Labute approximate surface area is 107 Å². The lowest BCUT2D eigenvalue weighted by molar-refractivity contribution is 0.742. The molecule has 0 atom stereocenters. The van der Waals surface area contributed by atoms with Gasteiger partial charge in [-0.1, -0.05) is 36.3 Å². The summed E-state index contributed by atoms with van der Waals surface area (Å²) in [5.74, 6) is 0. The van der Waals surface area contributed by atoms with Gasteiger partial charge in [0, 0.05) is 0 Å². The zero-order valence-corrected chi connectivity index (χ0v) is 10.9. The standard InChI is InChI=1S/C14H16N4/c1-4-5-14-12(9-15)16-17-18(14)13-7-6-10(2)8-11(13)3/h6-8H,4-5H2,1-3H3. The third-order valence-corrected chi connectivity index (χ3v) is 2.94. The van der Waals surface area contributed by atoms with E-state index in [1.165, 1.54) is 5.56 Å². The van der Waals surface area contributed by atoms with Crippen molar-refractivity contribution in [3.8, 4) is 11.8 Å². The van der Waals surface area contributed by atoms with Crippen molar-refractivity contribution in [2.45, 2.75) is 33.6 Å². The Morgan fingerprint density at radius 2 is 2.11 bits per heavy atom. The molecule has 2 aromatic rings. The summed E-state index contributed by atoms with van der Waals surface area (Å²) in [5, 5.41) is 17.1. The smallest absolute Gasteiger partial charge is 0.186 e. The molecule has 0 radical (unpaired) electrons. The third kappa shape index (κ3) is 2.12. The molecule has 2 rings (SSSR count). The molecule has 92 valence electrons. The largest absolute Gasteiger partial charge is 0.216 e. The maximum absolute atomic E-state index is 9.05. The van der Waals surface area contributed by atoms with Crippen LogP contribution in [0.15, 0.2) is 18.2 Å². The van der Waals surface area contributed by atoms with Crippen LogP contribution in [0.25, 0.3) is 5.69 Å². The molecule has 0 aliphatic carbocycles. The van der Waals surface area contributed by atoms with Gasteiger partial charge < -0.3 is 0 Å². The fourth-order valence-corrected chi connectivity index (χ4v) is 2.09. The molecule has 0 saturated carbocycles. The Kier molecular flexibility index (Phi) is 3.42. The highest BCUT2D eigenvalue weighted by molar-refractivity contribution is 5.44. The zero-order chi connectivity index (χ0) is 13.1. The highest BCUT2D eigenvalue weighted by Crippen LogP contribution is 2.19. The first kappa shape index (κ1) is 12.3. The van der Waals surface area contributed by atoms with Gasteiger partial charge in [0.25, 0.3) is 0 Å². The lowest BCUT2D eigenvalue weighted by atomic mass is 10.1. The molecule has 0 aliphatic rings. The van der Waals surface area contributed by atoms with E-state index < -0.39 is 0 Å². The van der Waals surface area contributed by atoms with Crippen LogP contribution in [0.2, 0.25) is 0 Å². The van der Waals surface area contributed by atoms with Crippen LogP contribution in [0.4, 0.5) is 0 Å². The maximum atomic E-state index is 9.05. The third-order valence-electron chi connectivity index (χ3n) is 2.94. The number of hydrogen-bond donors (Lipinski definition) is 0. The SMILES string of the molecule is CCCc1c(C#N)nnn1-c1ccc(C)cc1C. The second kappa shape index (κ2) is 5.01. The molecule has 0 spiro atoms. The molecule has 0 unspecified atom stereocenters. The van der Waals surface area contributed by atoms with Crippen LogP contribution >= 0.6 is 0 Å². The molecule has 0 amide bonds. The summed E-state index contributed by atoms with van der Waals surface area (Å²) in [6.07, 6.45) is 1.77. The van der Waals surface area contributed by atoms with Crippen molar-refractivity contribution in [3.63, 3.8) is 0 Å². The molecule has 18 heavy (non-hydrogen) atoms. The van der Waals surface area contributed by atoms with Gasteiger partial charge in [-0.05, 0) is 31.9 Å². The average molecular weight is 240 g/mol. The van der Waals surface area contributed by atoms with Gasteiger partial charge in [0.15, 0.2) is 5.69 Å². The average Bonchev–Trinajstić information content (AvgIpc) is 2.73. The first-order chi connectivity index (χ1) is 8.67. The highest BCUT2D eigenvalue weighted by Gasteiger charge is 2.14. The minimum atomic E-state index is 0.428. The highest BCUT2D eigenvalue weighted by atomic mass is 15.4. The summed E-state index contributed by atoms with van der Waals surface area (Å²) in [4.78, 5) is 0. The normalized spacial score (nSPS) is 10.3. The van der Waals surface area contributed by atoms with E-state index in [4.69, 9.17) is 5.26 Å². The van der Waals surface area contributed by atoms with Crippen molar-refractivity contribution in [2.24, 2.45) is 0 Å². The van der Waals surface area contributed by atoms with Crippen LogP contribution in [0.3, 0.4) is 0 Å². The van der Waals surface area contributed by atoms with Gasteiger partial charge in [0.05, 0.1) is 11.4 Å². The van der Waals surface area contributed by atoms with Gasteiger partial charge in [-0.25, -0.2) is 4.68 Å². The summed E-state index contributed by atoms with van der Waals surface area (Å²) >= 11 is 0. The second-order valence-electron chi connectivity index (χ2n) is 4.45. The summed E-state index contributed by atoms with van der Waals surface area (Å²) in [5.41, 5.74) is 4.68. The van der Waals surface area contributed by atoms with Crippen LogP contribution in [0.5, 0.6) is 0 Å². The minimum absolute atomic E-state index is 0.428. The Hall–Kier alpha value is -2.15. The lowest BCUT2D eigenvalue weighted by Gasteiger charge is -2.09. The maximum Gasteiger partial charge on any atom is 0.186 e. The van der Waals surface area contributed by atoms with E-state index in [1.807, 2.05) is 19.1 Å². The fraction of sp³-hybridized carbons (Fsp3) is 0.357. The Bertz CT molecular complexity index is 605. The Morgan fingerprint density at radius 1 is 1.33 bits per heavy atom. The summed E-state index contributed by atoms with van der Waals surface area (Å²) < 4.78 is 1.79. The quantitative estimate of drug-likeness (QED) is 0.828. The topological polar surface area (TPSA) is 54.5 Å². The molecule has 1 aromatic carbocycles. The van der Waals surface area contributed by atoms with Crippen molar-refractivity contribution in [2.75, 3.05) is 0 Å². The van der Waals surface area contributed by atoms with Crippen LogP contribution in [-0.4, -0.2) is 15.0 Å². The van der Waals surface area contributed by atoms with Gasteiger partial charge in [-0.15, -0.1) is 5.10 Å². The number of nitrogens with zero attached hydrogens (tertiary/aromatic N) is 4. The van der Waals surface area contributed by atoms with Gasteiger partial charge in [-0.3, -0.25) is 0 Å². The van der Waals surface area contributed by atoms with E-state index in [0.29, 0.717) is 5.69 Å². The molecule has 4 nitrogen and oxygen atoms in total. The van der Waals surface area contributed by atoms with Crippen molar-refractivity contribution >= 4 is 0 Å². The van der Waals surface area contributed by atoms with Crippen molar-refractivity contribution < 1.29 is 0 Å². The van der Waals surface area contributed by atoms with Crippen molar-refractivity contribution in [1.29, 1.82) is 5.26 Å². The molecular weight excluding hydrogens is 224 g/mol. The van der Waals surface area contributed by atoms with Crippen molar-refractivity contribution in [3.05, 3.63) is 40.7 Å². The van der Waals surface area contributed by atoms with Gasteiger partial charge in [-0.2, -0.15) is 5.26 Å². The van der Waals surface area contributed by atoms with Crippen LogP contribution in [0, 0.1) is 25.2 Å². The molecule has 0 fully saturated rings. The summed E-state index contributed by atoms with van der Waals surface area (Å²) in [7, 11) is 0. The van der Waals surface area contributed by atoms with Gasteiger partial charge in [0.1, 0.15) is 6.07 Å². The Balaban J connectivity index is 2.57. The molecule has 0 aliphatic heterocycles. The predicted molar refractivity (Wildman–Crippen MR) is 69.5 cm³/mol. The van der Waals surface area contributed by atoms with Crippen molar-refractivity contribution in [1.82, 2.24) is 15.0 Å². The van der Waals surface area contributed by atoms with E-state index in [1.54, 1.807) is 4.68 Å². The minimum Gasteiger partial charge on any atom is -0.216 e. The lowest BCUT2D eigenvalue weighted by Crippen LogP contribution is -2.05. The van der Waals surface area contributed by atoms with Crippen LogP contribution in [-0.2, 0) is 6.42 Å². The molecular formula is C14H16N4. The molecule has 0 saturated heterocycles. The van der Waals surface area contributed by atoms with E-state index >= 15 is 0 Å². The summed E-state index contributed by atoms with van der Waals surface area (Å²) in [6.45, 7) is 6.19. The van der Waals surface area contributed by atoms with E-state index in [9.17, 15) is 0 Å². The first-order valence-corrected chi connectivity index (χ1v) is 6.09. The monoisotopic (exact) mass is 240 g/mol. The van der Waals surface area contributed by atoms with Gasteiger partial charge >= 0.3 is 0 Å². The number of aromatic nitrogens is 3. The molecule has 1 aromatic heterocycles. The molecule has 0 bridgehead atoms. The Morgan fingerprint density at radius 3 is 2.72 bits per heavy atom. The molecule has 4 heteroatoms.